The molecule has 150 valence electrons. The number of hydrogen-bond acceptors (Lipinski definition) is 6. The van der Waals surface area contributed by atoms with Crippen molar-refractivity contribution in [2.24, 2.45) is 0 Å². The average molecular weight is 395 g/mol. The summed E-state index contributed by atoms with van der Waals surface area (Å²) in [5.74, 6) is 0.184. The van der Waals surface area contributed by atoms with Gasteiger partial charge in [0.2, 0.25) is 0 Å². The van der Waals surface area contributed by atoms with Gasteiger partial charge >= 0.3 is 14.3 Å². The first-order valence-corrected chi connectivity index (χ1v) is 11.6. The van der Waals surface area contributed by atoms with Crippen molar-refractivity contribution in [3.05, 3.63) is 40.6 Å². The van der Waals surface area contributed by atoms with Gasteiger partial charge in [0.05, 0.1) is 5.69 Å². The zero-order valence-corrected chi connectivity index (χ0v) is 18.0. The number of ether oxygens (including phenoxy) is 1. The van der Waals surface area contributed by atoms with E-state index in [0.717, 1.165) is 5.69 Å². The molecule has 7 nitrogen and oxygen atoms in total. The molecule has 2 aliphatic heterocycles. The molecule has 0 aromatic carbocycles. The number of hydrogen-bond donors (Lipinski definition) is 0. The van der Waals surface area contributed by atoms with Gasteiger partial charge in [0, 0.05) is 11.8 Å². The van der Waals surface area contributed by atoms with Gasteiger partial charge in [-0.15, -0.1) is 0 Å². The summed E-state index contributed by atoms with van der Waals surface area (Å²) in [4.78, 5) is 22.2. The minimum atomic E-state index is -2.65. The van der Waals surface area contributed by atoms with E-state index in [9.17, 15) is 4.79 Å². The Morgan fingerprint density at radius 1 is 1.22 bits per heavy atom. The van der Waals surface area contributed by atoms with E-state index >= 15 is 0 Å². The van der Waals surface area contributed by atoms with Crippen molar-refractivity contribution >= 4 is 8.56 Å². The van der Waals surface area contributed by atoms with E-state index in [1.165, 1.54) is 4.57 Å². The third-order valence-electron chi connectivity index (χ3n) is 5.36. The molecule has 3 heterocycles. The molecule has 2 aliphatic rings. The maximum Gasteiger partial charge on any atom is 0.380 e. The molecule has 8 heteroatoms. The lowest BCUT2D eigenvalue weighted by atomic mass is 10.1. The smallest absolute Gasteiger partial charge is 0.380 e. The van der Waals surface area contributed by atoms with E-state index in [0.29, 0.717) is 5.57 Å². The maximum absolute atomic E-state index is 12.5. The molecule has 0 bridgehead atoms. The summed E-state index contributed by atoms with van der Waals surface area (Å²) in [7, 11) is -2.65. The van der Waals surface area contributed by atoms with Crippen molar-refractivity contribution in [2.75, 3.05) is 6.61 Å². The SMILES string of the molecule is C=C1C2O[Si](C(C)C)(C(C)C)OOCC2OC1n1ccc(C(C)C)nc1=O. The highest BCUT2D eigenvalue weighted by Crippen LogP contribution is 2.44. The minimum Gasteiger partial charge on any atom is -0.382 e. The predicted octanol–water partition coefficient (Wildman–Crippen LogP) is 3.43. The number of fused-ring (bicyclic) bond motifs is 1. The van der Waals surface area contributed by atoms with Gasteiger partial charge < -0.3 is 9.16 Å². The fourth-order valence-corrected chi connectivity index (χ4v) is 6.95. The highest BCUT2D eigenvalue weighted by Gasteiger charge is 2.55. The molecule has 0 saturated carbocycles. The van der Waals surface area contributed by atoms with Crippen LogP contribution >= 0.6 is 0 Å². The molecule has 0 N–H and O–H groups in total. The number of aromatic nitrogens is 2. The van der Waals surface area contributed by atoms with E-state index in [2.05, 4.69) is 39.3 Å². The van der Waals surface area contributed by atoms with Crippen LogP contribution in [0.2, 0.25) is 11.1 Å². The molecule has 3 rings (SSSR count). The Labute approximate surface area is 161 Å². The molecule has 0 radical (unpaired) electrons. The van der Waals surface area contributed by atoms with E-state index < -0.39 is 14.8 Å². The lowest BCUT2D eigenvalue weighted by molar-refractivity contribution is -0.240. The van der Waals surface area contributed by atoms with Crippen LogP contribution in [0.5, 0.6) is 0 Å². The fraction of sp³-hybridized carbons (Fsp3) is 0.684. The summed E-state index contributed by atoms with van der Waals surface area (Å²) in [6.07, 6.45) is 0.365. The van der Waals surface area contributed by atoms with Crippen molar-refractivity contribution in [1.29, 1.82) is 0 Å². The van der Waals surface area contributed by atoms with Gasteiger partial charge in [-0.2, -0.15) is 4.98 Å². The van der Waals surface area contributed by atoms with Gasteiger partial charge in [-0.3, -0.25) is 9.14 Å². The van der Waals surface area contributed by atoms with Crippen LogP contribution < -0.4 is 5.69 Å². The minimum absolute atomic E-state index is 0.184. The molecule has 2 saturated heterocycles. The van der Waals surface area contributed by atoms with Crippen LogP contribution in [0.15, 0.2) is 29.2 Å². The van der Waals surface area contributed by atoms with Crippen LogP contribution in [0.4, 0.5) is 0 Å². The monoisotopic (exact) mass is 394 g/mol. The maximum atomic E-state index is 12.5. The molecular formula is C19H30N2O5Si. The molecule has 3 atom stereocenters. The zero-order valence-electron chi connectivity index (χ0n) is 17.0. The first-order chi connectivity index (χ1) is 12.7. The lowest BCUT2D eigenvalue weighted by Crippen LogP contribution is -2.50. The second-order valence-electron chi connectivity index (χ2n) is 8.24. The largest absolute Gasteiger partial charge is 0.382 e. The third-order valence-corrected chi connectivity index (χ3v) is 9.58. The molecule has 3 unspecified atom stereocenters. The summed E-state index contributed by atoms with van der Waals surface area (Å²) in [5, 5.41) is 0. The van der Waals surface area contributed by atoms with Gasteiger partial charge in [-0.25, -0.2) is 9.68 Å². The van der Waals surface area contributed by atoms with E-state index in [1.807, 2.05) is 19.9 Å². The van der Waals surface area contributed by atoms with E-state index in [-0.39, 0.29) is 41.5 Å². The molecule has 1 aromatic heterocycles. The first kappa shape index (κ1) is 20.4. The first-order valence-electron chi connectivity index (χ1n) is 9.59. The van der Waals surface area contributed by atoms with Gasteiger partial charge in [-0.05, 0) is 23.1 Å². The molecule has 0 spiro atoms. The molecular weight excluding hydrogens is 364 g/mol. The third kappa shape index (κ3) is 3.56. The Morgan fingerprint density at radius 2 is 1.89 bits per heavy atom. The van der Waals surface area contributed by atoms with Crippen LogP contribution in [0.3, 0.4) is 0 Å². The van der Waals surface area contributed by atoms with Gasteiger partial charge in [-0.1, -0.05) is 48.1 Å². The molecule has 1 aromatic rings. The fourth-order valence-electron chi connectivity index (χ4n) is 3.69. The van der Waals surface area contributed by atoms with Crippen LogP contribution in [-0.4, -0.2) is 36.9 Å². The Kier molecular flexibility index (Phi) is 5.74. The van der Waals surface area contributed by atoms with E-state index in [4.69, 9.17) is 18.6 Å². The van der Waals surface area contributed by atoms with Crippen molar-refractivity contribution < 1.29 is 18.6 Å². The highest BCUT2D eigenvalue weighted by molar-refractivity contribution is 6.70. The quantitative estimate of drug-likeness (QED) is 0.443. The second kappa shape index (κ2) is 7.60. The lowest BCUT2D eigenvalue weighted by Gasteiger charge is -2.36. The van der Waals surface area contributed by atoms with Crippen LogP contribution in [0.1, 0.15) is 59.4 Å². The van der Waals surface area contributed by atoms with Crippen LogP contribution in [0.25, 0.3) is 0 Å². The summed E-state index contributed by atoms with van der Waals surface area (Å²) in [6, 6.07) is 1.85. The molecule has 0 amide bonds. The Hall–Kier alpha value is -1.32. The van der Waals surface area contributed by atoms with Crippen molar-refractivity contribution in [2.45, 2.75) is 77.0 Å². The van der Waals surface area contributed by atoms with Crippen LogP contribution in [-0.2, 0) is 18.6 Å². The van der Waals surface area contributed by atoms with Gasteiger partial charge in [0.25, 0.3) is 0 Å². The normalized spacial score (nSPS) is 28.0. The molecule has 2 fully saturated rings. The summed E-state index contributed by atoms with van der Waals surface area (Å²) >= 11 is 0. The van der Waals surface area contributed by atoms with Gasteiger partial charge in [0.15, 0.2) is 6.23 Å². The Balaban J connectivity index is 1.91. The van der Waals surface area contributed by atoms with Crippen molar-refractivity contribution in [3.63, 3.8) is 0 Å². The Bertz CT molecular complexity index is 753. The zero-order chi connectivity index (χ0) is 19.9. The predicted molar refractivity (Wildman–Crippen MR) is 103 cm³/mol. The standard InChI is InChI=1S/C19H30N2O5Si/c1-11(2)15-8-9-21(19(22)20-15)18-14(7)17-16(24-18)10-23-26-27(25-17,12(3)4)13(5)6/h8-9,11-13,16-18H,7,10H2,1-6H3. The van der Waals surface area contributed by atoms with Crippen molar-refractivity contribution in [1.82, 2.24) is 9.55 Å². The average Bonchev–Trinajstić information content (AvgIpc) is 2.78. The molecule has 0 aliphatic carbocycles. The summed E-state index contributed by atoms with van der Waals surface area (Å²) < 4.78 is 19.9. The Morgan fingerprint density at radius 3 is 2.44 bits per heavy atom. The second-order valence-corrected chi connectivity index (χ2v) is 12.4. The number of rotatable bonds is 4. The number of nitrogens with zero attached hydrogens (tertiary/aromatic N) is 2. The summed E-state index contributed by atoms with van der Waals surface area (Å²) in [6.45, 7) is 16.8. The van der Waals surface area contributed by atoms with Crippen LogP contribution in [0, 0.1) is 0 Å². The topological polar surface area (TPSA) is 71.8 Å². The molecule has 27 heavy (non-hydrogen) atoms. The van der Waals surface area contributed by atoms with Gasteiger partial charge in [0.1, 0.15) is 18.8 Å². The van der Waals surface area contributed by atoms with E-state index in [1.54, 1.807) is 6.20 Å². The summed E-state index contributed by atoms with van der Waals surface area (Å²) in [5.41, 5.74) is 1.49. The van der Waals surface area contributed by atoms with Crippen molar-refractivity contribution in [3.8, 4) is 0 Å². The highest BCUT2D eigenvalue weighted by atomic mass is 28.4.